The van der Waals surface area contributed by atoms with E-state index in [1.165, 1.54) is 6.42 Å². The van der Waals surface area contributed by atoms with Crippen LogP contribution in [0.5, 0.6) is 0 Å². The molecule has 7 nitrogen and oxygen atoms in total. The first kappa shape index (κ1) is 36.1. The predicted octanol–water partition coefficient (Wildman–Crippen LogP) is -3.64. The van der Waals surface area contributed by atoms with Crippen molar-refractivity contribution in [3.05, 3.63) is 0 Å². The van der Waals surface area contributed by atoms with Crippen molar-refractivity contribution in [1.82, 2.24) is 5.32 Å². The minimum Gasteiger partial charge on any atom is -0.412 e. The van der Waals surface area contributed by atoms with Gasteiger partial charge in [0.05, 0.1) is 0 Å². The van der Waals surface area contributed by atoms with Crippen molar-refractivity contribution >= 4 is 0 Å². The molecule has 0 heterocycles. The van der Waals surface area contributed by atoms with Crippen LogP contribution in [-0.2, 0) is 21.7 Å². The van der Waals surface area contributed by atoms with Crippen molar-refractivity contribution in [2.24, 2.45) is 11.5 Å². The molecule has 0 amide bonds. The van der Waals surface area contributed by atoms with Gasteiger partial charge in [-0.1, -0.05) is 0 Å². The summed E-state index contributed by atoms with van der Waals surface area (Å²) in [6.07, 6.45) is 3.37. The Morgan fingerprint density at radius 3 is 1.47 bits per heavy atom. The zero-order valence-corrected chi connectivity index (χ0v) is 10.7. The predicted molar refractivity (Wildman–Crippen MR) is 59.3 cm³/mol. The molecule has 0 aliphatic heterocycles. The number of hydrogen-bond donors (Lipinski definition) is 3. The molecule has 0 atom stereocenters. The molecule has 0 rings (SSSR count). The molecule has 0 aliphatic carbocycles. The molecule has 0 aromatic heterocycles. The second-order valence-electron chi connectivity index (χ2n) is 2.39. The summed E-state index contributed by atoms with van der Waals surface area (Å²) in [5, 5.41) is 3.29. The van der Waals surface area contributed by atoms with Crippen molar-refractivity contribution in [2.75, 3.05) is 26.2 Å². The van der Waals surface area contributed by atoms with Crippen LogP contribution in [0.15, 0.2) is 0 Å². The standard InChI is InChI=1S/C7H19N3.4H2O.Ti/c8-4-1-2-6-10-7-3-5-9;;;;;/h10H,1-9H2;4*1H2;. The molecule has 0 unspecified atom stereocenters. The topological polar surface area (TPSA) is 190 Å². The molecule has 0 aromatic rings. The third-order valence-electron chi connectivity index (χ3n) is 1.37. The van der Waals surface area contributed by atoms with E-state index in [9.17, 15) is 0 Å². The van der Waals surface area contributed by atoms with E-state index in [1.54, 1.807) is 0 Å². The fourth-order valence-corrected chi connectivity index (χ4v) is 0.746. The normalized spacial score (nSPS) is 6.80. The van der Waals surface area contributed by atoms with Crippen molar-refractivity contribution < 1.29 is 43.6 Å². The number of nitrogens with one attached hydrogen (secondary N) is 1. The van der Waals surface area contributed by atoms with Crippen LogP contribution in [0.2, 0.25) is 0 Å². The zero-order valence-electron chi connectivity index (χ0n) is 9.10. The van der Waals surface area contributed by atoms with Gasteiger partial charge in [-0.15, -0.1) is 0 Å². The van der Waals surface area contributed by atoms with E-state index in [0.717, 1.165) is 39.0 Å². The molecule has 15 heavy (non-hydrogen) atoms. The van der Waals surface area contributed by atoms with Crippen molar-refractivity contribution in [1.29, 1.82) is 0 Å². The van der Waals surface area contributed by atoms with Gasteiger partial charge >= 0.3 is 0 Å². The zero-order chi connectivity index (χ0) is 7.66. The van der Waals surface area contributed by atoms with Gasteiger partial charge in [-0.3, -0.25) is 0 Å². The van der Waals surface area contributed by atoms with Crippen LogP contribution in [0.1, 0.15) is 19.3 Å². The summed E-state index contributed by atoms with van der Waals surface area (Å²) >= 11 is 0. The first-order valence-corrected chi connectivity index (χ1v) is 4.02. The van der Waals surface area contributed by atoms with E-state index in [1.807, 2.05) is 0 Å². The van der Waals surface area contributed by atoms with Crippen LogP contribution in [0.3, 0.4) is 0 Å². The molecule has 8 heteroatoms. The van der Waals surface area contributed by atoms with Crippen LogP contribution in [0.4, 0.5) is 0 Å². The minimum absolute atomic E-state index is 0. The van der Waals surface area contributed by atoms with Crippen molar-refractivity contribution in [3.63, 3.8) is 0 Å². The van der Waals surface area contributed by atoms with Crippen LogP contribution < -0.4 is 16.8 Å². The minimum atomic E-state index is 0. The summed E-state index contributed by atoms with van der Waals surface area (Å²) in [6, 6.07) is 0. The SMILES string of the molecule is NCCCCNCCCN.O.O.O.O.[Ti]. The third-order valence-corrected chi connectivity index (χ3v) is 1.37. The largest absolute Gasteiger partial charge is 0.412 e. The van der Waals surface area contributed by atoms with E-state index >= 15 is 0 Å². The Kier molecular flexibility index (Phi) is 88.2. The van der Waals surface area contributed by atoms with E-state index in [-0.39, 0.29) is 43.6 Å². The van der Waals surface area contributed by atoms with Gasteiger partial charge in [0.25, 0.3) is 0 Å². The monoisotopic (exact) mass is 265 g/mol. The molecule has 0 fully saturated rings. The number of nitrogens with two attached hydrogens (primary N) is 2. The Morgan fingerprint density at radius 1 is 0.667 bits per heavy atom. The second kappa shape index (κ2) is 36.6. The van der Waals surface area contributed by atoms with Crippen LogP contribution >= 0.6 is 0 Å². The third kappa shape index (κ3) is 40.4. The van der Waals surface area contributed by atoms with E-state index in [0.29, 0.717) is 0 Å². The molecule has 0 aromatic carbocycles. The fraction of sp³-hybridized carbons (Fsp3) is 1.00. The van der Waals surface area contributed by atoms with Gasteiger partial charge in [0.2, 0.25) is 0 Å². The number of unbranched alkanes of at least 4 members (excludes halogenated alkanes) is 1. The Bertz CT molecular complexity index is 66.2. The van der Waals surface area contributed by atoms with Gasteiger partial charge in [-0.25, -0.2) is 0 Å². The summed E-state index contributed by atoms with van der Waals surface area (Å²) in [5.74, 6) is 0. The molecule has 0 bridgehead atoms. The first-order valence-electron chi connectivity index (χ1n) is 4.02. The Morgan fingerprint density at radius 2 is 1.07 bits per heavy atom. The maximum Gasteiger partial charge on any atom is 0 e. The van der Waals surface area contributed by atoms with Crippen LogP contribution in [0, 0.1) is 0 Å². The summed E-state index contributed by atoms with van der Waals surface area (Å²) in [5.41, 5.74) is 10.6. The van der Waals surface area contributed by atoms with Gasteiger partial charge < -0.3 is 38.7 Å². The van der Waals surface area contributed by atoms with Crippen molar-refractivity contribution in [2.45, 2.75) is 19.3 Å². The van der Waals surface area contributed by atoms with Gasteiger partial charge in [-0.2, -0.15) is 0 Å². The van der Waals surface area contributed by atoms with Gasteiger partial charge in [-0.05, 0) is 45.4 Å². The van der Waals surface area contributed by atoms with Gasteiger partial charge in [0.1, 0.15) is 0 Å². The first-order chi connectivity index (χ1) is 4.91. The van der Waals surface area contributed by atoms with Crippen molar-refractivity contribution in [3.8, 4) is 0 Å². The Hall–Kier alpha value is 0.434. The molecular weight excluding hydrogens is 238 g/mol. The fourth-order valence-electron chi connectivity index (χ4n) is 0.746. The maximum atomic E-state index is 5.32. The average Bonchev–Trinajstić information content (AvgIpc) is 1.97. The molecule has 0 spiro atoms. The molecule has 98 valence electrons. The van der Waals surface area contributed by atoms with Crippen LogP contribution in [-0.4, -0.2) is 48.1 Å². The number of hydrogen-bond acceptors (Lipinski definition) is 3. The van der Waals surface area contributed by atoms with E-state index in [2.05, 4.69) is 5.32 Å². The summed E-state index contributed by atoms with van der Waals surface area (Å²) in [4.78, 5) is 0. The van der Waals surface area contributed by atoms with Gasteiger partial charge in [0, 0.05) is 21.7 Å². The molecule has 13 N–H and O–H groups in total. The maximum absolute atomic E-state index is 5.32. The molecule has 0 aliphatic rings. The van der Waals surface area contributed by atoms with Crippen LogP contribution in [0.25, 0.3) is 0 Å². The quantitative estimate of drug-likeness (QED) is 0.316. The molecule has 0 saturated heterocycles. The Balaban J connectivity index is -0.0000000405. The average molecular weight is 265 g/mol. The van der Waals surface area contributed by atoms with E-state index < -0.39 is 0 Å². The van der Waals surface area contributed by atoms with Gasteiger partial charge in [0.15, 0.2) is 0 Å². The molecule has 0 radical (unpaired) electrons. The number of rotatable bonds is 7. The summed E-state index contributed by atoms with van der Waals surface area (Å²) < 4.78 is 0. The summed E-state index contributed by atoms with van der Waals surface area (Å²) in [7, 11) is 0. The summed E-state index contributed by atoms with van der Waals surface area (Å²) in [6.45, 7) is 3.71. The second-order valence-corrected chi connectivity index (χ2v) is 2.39. The molecular formula is C7H27N3O4Ti. The van der Waals surface area contributed by atoms with E-state index in [4.69, 9.17) is 11.5 Å². The smallest absolute Gasteiger partial charge is 0 e. The molecule has 0 saturated carbocycles. The Labute approximate surface area is 106 Å².